The number of hydrogen-bond acceptors (Lipinski definition) is 4. The average Bonchev–Trinajstić information content (AvgIpc) is 2.48. The van der Waals surface area contributed by atoms with Crippen LogP contribution in [0.3, 0.4) is 0 Å². The lowest BCUT2D eigenvalue weighted by Crippen LogP contribution is -2.25. The second-order valence-corrected chi connectivity index (χ2v) is 6.81. The molecule has 132 valence electrons. The van der Waals surface area contributed by atoms with Gasteiger partial charge in [-0.2, -0.15) is 10.2 Å². The van der Waals surface area contributed by atoms with Crippen molar-refractivity contribution in [3.05, 3.63) is 0 Å². The molecule has 0 spiro atoms. The summed E-state index contributed by atoms with van der Waals surface area (Å²) in [7, 11) is 0. The van der Waals surface area contributed by atoms with Crippen LogP contribution in [0.5, 0.6) is 0 Å². The quantitative estimate of drug-likeness (QED) is 0.556. The number of Topliss-reactive ketones (excluding diaryl/α,β-unsaturated/α-hetero) is 1. The third kappa shape index (κ3) is 15.6. The van der Waals surface area contributed by atoms with E-state index in [1.807, 2.05) is 34.6 Å². The van der Waals surface area contributed by atoms with Crippen molar-refractivity contribution in [2.75, 3.05) is 0 Å². The van der Waals surface area contributed by atoms with Crippen LogP contribution in [-0.2, 0) is 4.79 Å². The van der Waals surface area contributed by atoms with E-state index in [-0.39, 0.29) is 5.54 Å². The molecule has 4 nitrogen and oxygen atoms in total. The van der Waals surface area contributed by atoms with Crippen molar-refractivity contribution >= 4 is 5.78 Å². The number of azo groups is 1. The lowest BCUT2D eigenvalue weighted by Gasteiger charge is -2.22. The van der Waals surface area contributed by atoms with Gasteiger partial charge in [0.25, 0.3) is 0 Å². The Bertz CT molecular complexity index is 309. The number of aliphatic hydroxyl groups is 1. The summed E-state index contributed by atoms with van der Waals surface area (Å²) in [5.74, 6) is 0.395. The van der Waals surface area contributed by atoms with Gasteiger partial charge >= 0.3 is 0 Å². The van der Waals surface area contributed by atoms with Crippen LogP contribution in [0.15, 0.2) is 10.2 Å². The van der Waals surface area contributed by atoms with E-state index >= 15 is 0 Å². The second-order valence-electron chi connectivity index (χ2n) is 6.81. The Morgan fingerprint density at radius 2 is 1.50 bits per heavy atom. The SMILES string of the molecule is CCCCC(=O)CC.CCCCC(O)(CC)N=NC(C)(C)C. The molecule has 0 aromatic heterocycles. The predicted octanol–water partition coefficient (Wildman–Crippen LogP) is 5.68. The molecule has 0 aliphatic heterocycles. The van der Waals surface area contributed by atoms with E-state index in [0.29, 0.717) is 25.0 Å². The van der Waals surface area contributed by atoms with E-state index in [9.17, 15) is 9.90 Å². The standard InChI is InChI=1S/C11H24N2O.C7H14O/c1-6-8-9-11(14,7-2)13-12-10(3,4)5;1-3-5-6-7(8)4-2/h14H,6-9H2,1-5H3;3-6H2,1-2H3. The molecular weight excluding hydrogens is 276 g/mol. The predicted molar refractivity (Wildman–Crippen MR) is 94.2 cm³/mol. The number of carbonyl (C=O) groups is 1. The molecule has 0 saturated heterocycles. The zero-order chi connectivity index (χ0) is 17.6. The van der Waals surface area contributed by atoms with Crippen LogP contribution < -0.4 is 0 Å². The topological polar surface area (TPSA) is 62.0 Å². The van der Waals surface area contributed by atoms with Crippen molar-refractivity contribution in [1.29, 1.82) is 0 Å². The van der Waals surface area contributed by atoms with Gasteiger partial charge in [-0.25, -0.2) is 0 Å². The second kappa shape index (κ2) is 12.7. The fourth-order valence-corrected chi connectivity index (χ4v) is 1.55. The zero-order valence-corrected chi connectivity index (χ0v) is 15.9. The fourth-order valence-electron chi connectivity index (χ4n) is 1.55. The van der Waals surface area contributed by atoms with Gasteiger partial charge in [-0.05, 0) is 46.5 Å². The molecule has 1 N–H and O–H groups in total. The molecule has 0 aromatic rings. The van der Waals surface area contributed by atoms with Crippen LogP contribution in [-0.4, -0.2) is 22.2 Å². The Labute approximate surface area is 137 Å². The van der Waals surface area contributed by atoms with Crippen LogP contribution in [0.4, 0.5) is 0 Å². The van der Waals surface area contributed by atoms with E-state index in [1.165, 1.54) is 0 Å². The summed E-state index contributed by atoms with van der Waals surface area (Å²) < 4.78 is 0. The average molecular weight is 315 g/mol. The van der Waals surface area contributed by atoms with E-state index < -0.39 is 5.72 Å². The van der Waals surface area contributed by atoms with E-state index in [4.69, 9.17) is 0 Å². The molecule has 4 heteroatoms. The Balaban J connectivity index is 0. The minimum atomic E-state index is -0.941. The van der Waals surface area contributed by atoms with Crippen molar-refractivity contribution < 1.29 is 9.90 Å². The lowest BCUT2D eigenvalue weighted by atomic mass is 10.0. The Hall–Kier alpha value is -0.770. The monoisotopic (exact) mass is 314 g/mol. The number of nitrogens with zero attached hydrogens (tertiary/aromatic N) is 2. The number of ketones is 1. The summed E-state index contributed by atoms with van der Waals surface area (Å²) >= 11 is 0. The minimum absolute atomic E-state index is 0.199. The minimum Gasteiger partial charge on any atom is -0.368 e. The van der Waals surface area contributed by atoms with Crippen molar-refractivity contribution in [1.82, 2.24) is 0 Å². The van der Waals surface area contributed by atoms with E-state index in [2.05, 4.69) is 24.1 Å². The molecule has 0 aliphatic carbocycles. The van der Waals surface area contributed by atoms with E-state index in [0.717, 1.165) is 32.1 Å². The Morgan fingerprint density at radius 3 is 1.86 bits per heavy atom. The molecule has 0 aromatic carbocycles. The highest BCUT2D eigenvalue weighted by atomic mass is 16.3. The number of carbonyl (C=O) groups excluding carboxylic acids is 1. The highest BCUT2D eigenvalue weighted by Gasteiger charge is 2.24. The normalized spacial score (nSPS) is 14.4. The first-order valence-corrected chi connectivity index (χ1v) is 8.82. The highest BCUT2D eigenvalue weighted by molar-refractivity contribution is 5.77. The molecule has 0 rings (SSSR count). The molecular formula is C18H38N2O2. The van der Waals surface area contributed by atoms with Crippen LogP contribution in [0.1, 0.15) is 99.8 Å². The smallest absolute Gasteiger partial charge is 0.175 e. The third-order valence-corrected chi connectivity index (χ3v) is 3.24. The van der Waals surface area contributed by atoms with Crippen molar-refractivity contribution in [2.45, 2.75) is 111 Å². The van der Waals surface area contributed by atoms with Gasteiger partial charge in [0.05, 0.1) is 5.54 Å². The Kier molecular flexibility index (Phi) is 13.6. The van der Waals surface area contributed by atoms with Crippen molar-refractivity contribution in [3.63, 3.8) is 0 Å². The lowest BCUT2D eigenvalue weighted by molar-refractivity contribution is -0.118. The van der Waals surface area contributed by atoms with Gasteiger partial charge in [0.15, 0.2) is 5.72 Å². The fraction of sp³-hybridized carbons (Fsp3) is 0.944. The zero-order valence-electron chi connectivity index (χ0n) is 15.9. The van der Waals surface area contributed by atoms with Gasteiger partial charge in [0, 0.05) is 12.8 Å². The number of unbranched alkanes of at least 4 members (excludes halogenated alkanes) is 2. The molecule has 0 amide bonds. The van der Waals surface area contributed by atoms with Crippen LogP contribution in [0.2, 0.25) is 0 Å². The molecule has 0 radical (unpaired) electrons. The summed E-state index contributed by atoms with van der Waals surface area (Å²) in [6.07, 6.45) is 7.10. The number of hydrogen-bond donors (Lipinski definition) is 1. The summed E-state index contributed by atoms with van der Waals surface area (Å²) in [6, 6.07) is 0. The first kappa shape index (κ1) is 23.5. The molecule has 0 saturated carbocycles. The van der Waals surface area contributed by atoms with Gasteiger partial charge in [0.2, 0.25) is 0 Å². The molecule has 0 bridgehead atoms. The van der Waals surface area contributed by atoms with E-state index in [1.54, 1.807) is 0 Å². The summed E-state index contributed by atoms with van der Waals surface area (Å²) in [6.45, 7) is 14.0. The van der Waals surface area contributed by atoms with Gasteiger partial charge in [-0.15, -0.1) is 0 Å². The molecule has 0 aliphatic rings. The maximum Gasteiger partial charge on any atom is 0.175 e. The van der Waals surface area contributed by atoms with Crippen LogP contribution in [0.25, 0.3) is 0 Å². The Morgan fingerprint density at radius 1 is 0.955 bits per heavy atom. The highest BCUT2D eigenvalue weighted by Crippen LogP contribution is 2.22. The van der Waals surface area contributed by atoms with Crippen molar-refractivity contribution in [3.8, 4) is 0 Å². The summed E-state index contributed by atoms with van der Waals surface area (Å²) in [5, 5.41) is 18.2. The maximum absolute atomic E-state index is 10.6. The molecule has 1 unspecified atom stereocenters. The van der Waals surface area contributed by atoms with Gasteiger partial charge in [-0.1, -0.05) is 40.5 Å². The summed E-state index contributed by atoms with van der Waals surface area (Å²) in [5.41, 5.74) is -1.14. The van der Waals surface area contributed by atoms with Crippen LogP contribution >= 0.6 is 0 Å². The van der Waals surface area contributed by atoms with Crippen LogP contribution in [0, 0.1) is 0 Å². The molecule has 0 heterocycles. The first-order chi connectivity index (χ1) is 10.1. The summed E-state index contributed by atoms with van der Waals surface area (Å²) in [4.78, 5) is 10.6. The van der Waals surface area contributed by atoms with Gasteiger partial charge < -0.3 is 5.11 Å². The van der Waals surface area contributed by atoms with Gasteiger partial charge in [-0.3, -0.25) is 4.79 Å². The number of rotatable bonds is 9. The molecule has 22 heavy (non-hydrogen) atoms. The molecule has 1 atom stereocenters. The van der Waals surface area contributed by atoms with Gasteiger partial charge in [0.1, 0.15) is 5.78 Å². The third-order valence-electron chi connectivity index (χ3n) is 3.24. The van der Waals surface area contributed by atoms with Crippen molar-refractivity contribution in [2.24, 2.45) is 10.2 Å². The first-order valence-electron chi connectivity index (χ1n) is 8.82. The largest absolute Gasteiger partial charge is 0.368 e. The maximum atomic E-state index is 10.6. The molecule has 0 fully saturated rings.